The van der Waals surface area contributed by atoms with Gasteiger partial charge in [-0.3, -0.25) is 4.79 Å². The van der Waals surface area contributed by atoms with Crippen LogP contribution in [-0.2, 0) is 9.53 Å². The molecule has 6 heavy (non-hydrogen) atoms. The third-order valence-electron chi connectivity index (χ3n) is 0.235. The van der Waals surface area contributed by atoms with Crippen molar-refractivity contribution in [2.24, 2.45) is 0 Å². The summed E-state index contributed by atoms with van der Waals surface area (Å²) in [5.41, 5.74) is 0. The molecule has 0 rings (SSSR count). The van der Waals surface area contributed by atoms with Gasteiger partial charge in [-0.05, 0) is 6.92 Å². The molecule has 0 aliphatic rings. The van der Waals surface area contributed by atoms with E-state index in [4.69, 9.17) is 0 Å². The molecule has 2 nitrogen and oxygen atoms in total. The van der Waals surface area contributed by atoms with Crippen molar-refractivity contribution < 1.29 is 9.53 Å². The molecule has 0 amide bonds. The van der Waals surface area contributed by atoms with Crippen LogP contribution in [0.2, 0.25) is 0 Å². The summed E-state index contributed by atoms with van der Waals surface area (Å²) in [7, 11) is 0. The maximum absolute atomic E-state index is 9.18. The summed E-state index contributed by atoms with van der Waals surface area (Å²) in [5.74, 6) is 0. The first-order valence-electron chi connectivity index (χ1n) is 1.47. The van der Waals surface area contributed by atoms with Crippen LogP contribution in [0.15, 0.2) is 0 Å². The largest absolute Gasteiger partial charge is 0.468 e. The van der Waals surface area contributed by atoms with Gasteiger partial charge in [0.15, 0.2) is 0 Å². The van der Waals surface area contributed by atoms with Crippen molar-refractivity contribution in [2.75, 3.05) is 6.61 Å². The van der Waals surface area contributed by atoms with E-state index in [1.807, 2.05) is 0 Å². The number of ether oxygens (including phenoxy) is 1. The van der Waals surface area contributed by atoms with E-state index in [1.165, 1.54) is 0 Å². The molecule has 38 valence electrons. The first kappa shape index (κ1) is 9.34. The van der Waals surface area contributed by atoms with Gasteiger partial charge in [-0.1, -0.05) is 0 Å². The average molecular weight is 155 g/mol. The smallest absolute Gasteiger partial charge is 0.293 e. The highest BCUT2D eigenvalue weighted by atomic mass is 79.9. The monoisotopic (exact) mass is 154 g/mol. The average Bonchev–Trinajstić information content (AvgIpc) is 1.41. The number of hydrogen-bond acceptors (Lipinski definition) is 2. The quantitative estimate of drug-likeness (QED) is 0.550. The summed E-state index contributed by atoms with van der Waals surface area (Å²) >= 11 is 0. The highest BCUT2D eigenvalue weighted by Gasteiger charge is 1.60. The van der Waals surface area contributed by atoms with Gasteiger partial charge in [-0.15, -0.1) is 17.0 Å². The van der Waals surface area contributed by atoms with Crippen molar-refractivity contribution in [3.05, 3.63) is 0 Å². The number of rotatable bonds is 2. The van der Waals surface area contributed by atoms with E-state index in [1.54, 1.807) is 6.92 Å². The van der Waals surface area contributed by atoms with Crippen molar-refractivity contribution in [1.82, 2.24) is 0 Å². The second kappa shape index (κ2) is 8.87. The van der Waals surface area contributed by atoms with Gasteiger partial charge in [-0.2, -0.15) is 0 Å². The van der Waals surface area contributed by atoms with Crippen molar-refractivity contribution in [3.63, 3.8) is 0 Å². The fourth-order valence-electron chi connectivity index (χ4n) is 0.0680. The van der Waals surface area contributed by atoms with Crippen molar-refractivity contribution in [1.29, 1.82) is 0 Å². The molecule has 0 aromatic heterocycles. The third-order valence-corrected chi connectivity index (χ3v) is 0.235. The number of halogens is 1. The van der Waals surface area contributed by atoms with E-state index in [-0.39, 0.29) is 17.0 Å². The summed E-state index contributed by atoms with van der Waals surface area (Å²) in [6.07, 6.45) is 0. The maximum atomic E-state index is 9.18. The predicted octanol–water partition coefficient (Wildman–Crippen LogP) is 0.757. The third kappa shape index (κ3) is 9.04. The van der Waals surface area contributed by atoms with Gasteiger partial charge < -0.3 is 4.74 Å². The van der Waals surface area contributed by atoms with Crippen LogP contribution < -0.4 is 0 Å². The molecule has 0 heterocycles. The molecule has 0 radical (unpaired) electrons. The van der Waals surface area contributed by atoms with Crippen LogP contribution in [0.1, 0.15) is 6.92 Å². The van der Waals surface area contributed by atoms with Gasteiger partial charge >= 0.3 is 0 Å². The van der Waals surface area contributed by atoms with Crippen molar-refractivity contribution >= 4 is 23.5 Å². The van der Waals surface area contributed by atoms with Gasteiger partial charge in [-0.25, -0.2) is 0 Å². The molecule has 3 heteroatoms. The molecule has 0 N–H and O–H groups in total. The summed E-state index contributed by atoms with van der Waals surface area (Å²) in [4.78, 5) is 9.18. The predicted molar refractivity (Wildman–Crippen MR) is 28.0 cm³/mol. The summed E-state index contributed by atoms with van der Waals surface area (Å²) in [5, 5.41) is 0. The van der Waals surface area contributed by atoms with Gasteiger partial charge in [0.25, 0.3) is 6.47 Å². The Morgan fingerprint density at radius 2 is 2.33 bits per heavy atom. The first-order chi connectivity index (χ1) is 2.41. The Hall–Kier alpha value is -0.0500. The van der Waals surface area contributed by atoms with Crippen LogP contribution in [-0.4, -0.2) is 13.1 Å². The van der Waals surface area contributed by atoms with Crippen molar-refractivity contribution in [2.45, 2.75) is 6.92 Å². The highest BCUT2D eigenvalue weighted by molar-refractivity contribution is 8.93. The molecule has 0 saturated carbocycles. The maximum Gasteiger partial charge on any atom is 0.293 e. The minimum absolute atomic E-state index is 0. The van der Waals surface area contributed by atoms with Gasteiger partial charge in [0.2, 0.25) is 0 Å². The van der Waals surface area contributed by atoms with Crippen LogP contribution in [0.25, 0.3) is 0 Å². The summed E-state index contributed by atoms with van der Waals surface area (Å²) in [6, 6.07) is 0. The summed E-state index contributed by atoms with van der Waals surface area (Å²) < 4.78 is 4.15. The lowest BCUT2D eigenvalue weighted by Gasteiger charge is -1.79. The molecule has 0 bridgehead atoms. The Morgan fingerprint density at radius 3 is 2.33 bits per heavy atom. The van der Waals surface area contributed by atoms with Gasteiger partial charge in [0.1, 0.15) is 0 Å². The molecule has 0 aliphatic heterocycles. The molecular weight excluding hydrogens is 148 g/mol. The second-order valence-corrected chi connectivity index (χ2v) is 0.552. The van der Waals surface area contributed by atoms with E-state index in [2.05, 4.69) is 4.74 Å². The zero-order valence-electron chi connectivity index (χ0n) is 3.51. The van der Waals surface area contributed by atoms with E-state index in [0.717, 1.165) is 0 Å². The number of carbonyl (C=O) groups excluding carboxylic acids is 1. The van der Waals surface area contributed by atoms with Crippen LogP contribution in [0.5, 0.6) is 0 Å². The lowest BCUT2D eigenvalue weighted by molar-refractivity contribution is -0.128. The number of hydrogen-bond donors (Lipinski definition) is 0. The lowest BCUT2D eigenvalue weighted by atomic mass is 10.9. The van der Waals surface area contributed by atoms with Crippen LogP contribution in [0, 0.1) is 0 Å². The minimum Gasteiger partial charge on any atom is -0.468 e. The second-order valence-electron chi connectivity index (χ2n) is 0.552. The van der Waals surface area contributed by atoms with Crippen LogP contribution in [0.3, 0.4) is 0 Å². The molecule has 0 saturated heterocycles. The van der Waals surface area contributed by atoms with Crippen LogP contribution in [0.4, 0.5) is 0 Å². The zero-order chi connectivity index (χ0) is 4.12. The Morgan fingerprint density at radius 1 is 1.83 bits per heavy atom. The normalized spacial score (nSPS) is 5.50. The van der Waals surface area contributed by atoms with E-state index in [0.29, 0.717) is 13.1 Å². The fourth-order valence-corrected chi connectivity index (χ4v) is 0.0680. The van der Waals surface area contributed by atoms with E-state index in [9.17, 15) is 4.79 Å². The van der Waals surface area contributed by atoms with Crippen molar-refractivity contribution in [3.8, 4) is 0 Å². The number of carbonyl (C=O) groups is 1. The Labute approximate surface area is 47.3 Å². The molecule has 0 atom stereocenters. The summed E-state index contributed by atoms with van der Waals surface area (Å²) in [6.45, 7) is 2.66. The molecular formula is C3H7BrO2. The first-order valence-corrected chi connectivity index (χ1v) is 1.47. The van der Waals surface area contributed by atoms with E-state index < -0.39 is 0 Å². The standard InChI is InChI=1S/C3H6O2.BrH/c1-2-5-3-4;/h3H,2H2,1H3;1H. The SMILES string of the molecule is Br.CCOC=O. The molecule has 0 spiro atoms. The Bertz CT molecular complexity index is 30.0. The van der Waals surface area contributed by atoms with Gasteiger partial charge in [0, 0.05) is 0 Å². The van der Waals surface area contributed by atoms with E-state index >= 15 is 0 Å². The Kier molecular flexibility index (Phi) is 13.8. The fraction of sp³-hybridized carbons (Fsp3) is 0.667. The molecule has 0 fully saturated rings. The zero-order valence-corrected chi connectivity index (χ0v) is 5.22. The topological polar surface area (TPSA) is 26.3 Å². The lowest BCUT2D eigenvalue weighted by Crippen LogP contribution is -1.80. The Balaban J connectivity index is 0. The minimum atomic E-state index is 0. The van der Waals surface area contributed by atoms with Crippen LogP contribution >= 0.6 is 17.0 Å². The highest BCUT2D eigenvalue weighted by Crippen LogP contribution is 1.55. The van der Waals surface area contributed by atoms with Gasteiger partial charge in [0.05, 0.1) is 6.61 Å². The molecule has 0 aromatic rings. The molecule has 0 aromatic carbocycles. The molecule has 0 aliphatic carbocycles. The molecule has 0 unspecified atom stereocenters.